The van der Waals surface area contributed by atoms with Crippen molar-refractivity contribution in [2.45, 2.75) is 6.42 Å². The van der Waals surface area contributed by atoms with E-state index >= 15 is 0 Å². The number of nitrogens with zero attached hydrogens (tertiary/aromatic N) is 1. The Bertz CT molecular complexity index is 474. The zero-order chi connectivity index (χ0) is 10.7. The van der Waals surface area contributed by atoms with Gasteiger partial charge in [0.15, 0.2) is 0 Å². The summed E-state index contributed by atoms with van der Waals surface area (Å²) >= 11 is 0. The third kappa shape index (κ3) is 2.43. The number of halogens is 1. The molecule has 4 heteroatoms. The van der Waals surface area contributed by atoms with Gasteiger partial charge in [-0.3, -0.25) is 0 Å². The van der Waals surface area contributed by atoms with Crippen molar-refractivity contribution in [3.8, 4) is 5.88 Å². The van der Waals surface area contributed by atoms with Crippen LogP contribution in [0.15, 0.2) is 30.3 Å². The molecule has 0 spiro atoms. The molecule has 0 unspecified atom stereocenters. The lowest BCUT2D eigenvalue weighted by Gasteiger charge is -2.06. The van der Waals surface area contributed by atoms with Crippen molar-refractivity contribution in [3.63, 3.8) is 0 Å². The van der Waals surface area contributed by atoms with Crippen LogP contribution in [0.5, 0.6) is 5.88 Å². The van der Waals surface area contributed by atoms with E-state index in [1.54, 1.807) is 7.11 Å². The van der Waals surface area contributed by atoms with Crippen molar-refractivity contribution in [2.75, 3.05) is 13.7 Å². The molecule has 16 heavy (non-hydrogen) atoms. The molecular formula is C12H15ClN2O. The lowest BCUT2D eigenvalue weighted by atomic mass is 10.1. The maximum absolute atomic E-state index is 5.56. The molecule has 1 aromatic carbocycles. The van der Waals surface area contributed by atoms with Gasteiger partial charge in [-0.1, -0.05) is 18.2 Å². The van der Waals surface area contributed by atoms with E-state index in [-0.39, 0.29) is 12.4 Å². The van der Waals surface area contributed by atoms with Crippen LogP contribution in [0.25, 0.3) is 10.9 Å². The molecule has 1 heterocycles. The van der Waals surface area contributed by atoms with E-state index < -0.39 is 0 Å². The maximum Gasteiger partial charge on any atom is 0.213 e. The van der Waals surface area contributed by atoms with Gasteiger partial charge in [-0.05, 0) is 24.6 Å². The number of hydrogen-bond donors (Lipinski definition) is 1. The van der Waals surface area contributed by atoms with Crippen molar-refractivity contribution in [3.05, 3.63) is 35.9 Å². The molecule has 0 amide bonds. The van der Waals surface area contributed by atoms with Crippen molar-refractivity contribution >= 4 is 23.3 Å². The first kappa shape index (κ1) is 12.7. The molecule has 0 atom stereocenters. The van der Waals surface area contributed by atoms with Crippen molar-refractivity contribution in [1.82, 2.24) is 4.98 Å². The van der Waals surface area contributed by atoms with Crippen LogP contribution in [0.3, 0.4) is 0 Å². The SMILES string of the molecule is COc1ccc2cccc(CCN)c2n1.Cl. The minimum Gasteiger partial charge on any atom is -0.481 e. The van der Waals surface area contributed by atoms with Gasteiger partial charge in [0.05, 0.1) is 12.6 Å². The van der Waals surface area contributed by atoms with Crippen molar-refractivity contribution in [2.24, 2.45) is 5.73 Å². The van der Waals surface area contributed by atoms with Crippen LogP contribution in [-0.2, 0) is 6.42 Å². The summed E-state index contributed by atoms with van der Waals surface area (Å²) in [6.45, 7) is 0.637. The Morgan fingerprint density at radius 2 is 2.06 bits per heavy atom. The second-order valence-corrected chi connectivity index (χ2v) is 3.38. The van der Waals surface area contributed by atoms with Crippen LogP contribution >= 0.6 is 12.4 Å². The predicted octanol–water partition coefficient (Wildman–Crippen LogP) is 2.17. The first-order valence-electron chi connectivity index (χ1n) is 4.98. The fraction of sp³-hybridized carbons (Fsp3) is 0.250. The quantitative estimate of drug-likeness (QED) is 0.892. The molecule has 0 saturated heterocycles. The highest BCUT2D eigenvalue weighted by Gasteiger charge is 2.02. The maximum atomic E-state index is 5.56. The summed E-state index contributed by atoms with van der Waals surface area (Å²) in [5, 5.41) is 1.13. The van der Waals surface area contributed by atoms with Gasteiger partial charge < -0.3 is 10.5 Å². The highest BCUT2D eigenvalue weighted by molar-refractivity contribution is 5.85. The minimum absolute atomic E-state index is 0. The number of rotatable bonds is 3. The van der Waals surface area contributed by atoms with Gasteiger partial charge in [-0.2, -0.15) is 0 Å². The molecule has 0 aliphatic carbocycles. The number of nitrogens with two attached hydrogens (primary N) is 1. The van der Waals surface area contributed by atoms with Crippen LogP contribution in [-0.4, -0.2) is 18.6 Å². The first-order chi connectivity index (χ1) is 7.35. The molecule has 0 fully saturated rings. The molecule has 0 saturated carbocycles. The number of pyridine rings is 1. The summed E-state index contributed by atoms with van der Waals surface area (Å²) in [5.41, 5.74) is 7.73. The number of benzene rings is 1. The summed E-state index contributed by atoms with van der Waals surface area (Å²) < 4.78 is 5.11. The average Bonchev–Trinajstić information content (AvgIpc) is 2.29. The molecule has 0 aliphatic rings. The van der Waals surface area contributed by atoms with E-state index in [0.717, 1.165) is 17.3 Å². The molecule has 3 nitrogen and oxygen atoms in total. The normalized spacial score (nSPS) is 9.88. The lowest BCUT2D eigenvalue weighted by Crippen LogP contribution is -2.03. The largest absolute Gasteiger partial charge is 0.481 e. The van der Waals surface area contributed by atoms with E-state index in [2.05, 4.69) is 11.1 Å². The molecule has 0 radical (unpaired) electrons. The smallest absolute Gasteiger partial charge is 0.213 e. The Labute approximate surface area is 101 Å². The van der Waals surface area contributed by atoms with Gasteiger partial charge in [-0.25, -0.2) is 4.98 Å². The van der Waals surface area contributed by atoms with Crippen LogP contribution in [0.4, 0.5) is 0 Å². The third-order valence-corrected chi connectivity index (χ3v) is 2.40. The standard InChI is InChI=1S/C12H14N2O.ClH/c1-15-11-6-5-9-3-2-4-10(7-8-13)12(9)14-11;/h2-6H,7-8,13H2,1H3;1H. The molecule has 86 valence electrons. The monoisotopic (exact) mass is 238 g/mol. The summed E-state index contributed by atoms with van der Waals surface area (Å²) in [4.78, 5) is 4.43. The second kappa shape index (κ2) is 5.68. The van der Waals surface area contributed by atoms with Gasteiger partial charge in [0.1, 0.15) is 0 Å². The Morgan fingerprint density at radius 3 is 2.75 bits per heavy atom. The Hall–Kier alpha value is -1.32. The molecule has 2 rings (SSSR count). The molecular weight excluding hydrogens is 224 g/mol. The van der Waals surface area contributed by atoms with Crippen LogP contribution in [0.1, 0.15) is 5.56 Å². The van der Waals surface area contributed by atoms with Crippen molar-refractivity contribution in [1.29, 1.82) is 0 Å². The molecule has 2 aromatic rings. The van der Waals surface area contributed by atoms with Gasteiger partial charge in [-0.15, -0.1) is 12.4 Å². The minimum atomic E-state index is 0. The van der Waals surface area contributed by atoms with Gasteiger partial charge in [0.2, 0.25) is 5.88 Å². The summed E-state index contributed by atoms with van der Waals surface area (Å²) in [7, 11) is 1.62. The third-order valence-electron chi connectivity index (χ3n) is 2.40. The van der Waals surface area contributed by atoms with E-state index in [9.17, 15) is 0 Å². The predicted molar refractivity (Wildman–Crippen MR) is 68.3 cm³/mol. The number of fused-ring (bicyclic) bond motifs is 1. The molecule has 1 aromatic heterocycles. The van der Waals surface area contributed by atoms with Crippen LogP contribution in [0.2, 0.25) is 0 Å². The van der Waals surface area contributed by atoms with E-state index in [1.807, 2.05) is 24.3 Å². The van der Waals surface area contributed by atoms with E-state index in [0.29, 0.717) is 12.4 Å². The average molecular weight is 239 g/mol. The molecule has 0 bridgehead atoms. The number of methoxy groups -OCH3 is 1. The summed E-state index contributed by atoms with van der Waals surface area (Å²) in [6, 6.07) is 10.0. The number of ether oxygens (including phenoxy) is 1. The summed E-state index contributed by atoms with van der Waals surface area (Å²) in [5.74, 6) is 0.645. The second-order valence-electron chi connectivity index (χ2n) is 3.38. The van der Waals surface area contributed by atoms with Gasteiger partial charge in [0.25, 0.3) is 0 Å². The fourth-order valence-corrected chi connectivity index (χ4v) is 1.66. The Balaban J connectivity index is 0.00000128. The number of para-hydroxylation sites is 1. The van der Waals surface area contributed by atoms with E-state index in [1.165, 1.54) is 5.56 Å². The van der Waals surface area contributed by atoms with Crippen LogP contribution in [0, 0.1) is 0 Å². The van der Waals surface area contributed by atoms with Crippen molar-refractivity contribution < 1.29 is 4.74 Å². The Morgan fingerprint density at radius 1 is 1.25 bits per heavy atom. The van der Waals surface area contributed by atoms with E-state index in [4.69, 9.17) is 10.5 Å². The fourth-order valence-electron chi connectivity index (χ4n) is 1.66. The topological polar surface area (TPSA) is 48.1 Å². The highest BCUT2D eigenvalue weighted by atomic mass is 35.5. The Kier molecular flexibility index (Phi) is 4.52. The molecule has 2 N–H and O–H groups in total. The van der Waals surface area contributed by atoms with Gasteiger partial charge in [0, 0.05) is 11.5 Å². The zero-order valence-corrected chi connectivity index (χ0v) is 9.96. The highest BCUT2D eigenvalue weighted by Crippen LogP contribution is 2.20. The number of aromatic nitrogens is 1. The lowest BCUT2D eigenvalue weighted by molar-refractivity contribution is 0.399. The summed E-state index contributed by atoms with van der Waals surface area (Å²) in [6.07, 6.45) is 0.845. The first-order valence-corrected chi connectivity index (χ1v) is 4.98. The van der Waals surface area contributed by atoms with Crippen LogP contribution < -0.4 is 10.5 Å². The van der Waals surface area contributed by atoms with Gasteiger partial charge >= 0.3 is 0 Å². The molecule has 0 aliphatic heterocycles. The zero-order valence-electron chi connectivity index (χ0n) is 9.14. The number of hydrogen-bond acceptors (Lipinski definition) is 3.